The largest absolute Gasteiger partial charge is 0.456 e. The van der Waals surface area contributed by atoms with Crippen molar-refractivity contribution >= 4 is 38.3 Å². The Morgan fingerprint density at radius 3 is 2.26 bits per heavy atom. The summed E-state index contributed by atoms with van der Waals surface area (Å²) in [4.78, 5) is 9.76. The zero-order chi connectivity index (χ0) is 25.3. The maximum Gasteiger partial charge on any atom is 0.416 e. The average molecular weight is 535 g/mol. The second-order valence-corrected chi connectivity index (χ2v) is 10.3. The van der Waals surface area contributed by atoms with Gasteiger partial charge in [0.1, 0.15) is 27.4 Å². The molecule has 3 aromatic carbocycles. The number of benzene rings is 3. The molecule has 3 rings (SSSR count). The molecule has 0 saturated carbocycles. The van der Waals surface area contributed by atoms with Gasteiger partial charge in [0.05, 0.1) is 20.4 Å². The summed E-state index contributed by atoms with van der Waals surface area (Å²) in [5.74, 6) is -0.384. The van der Waals surface area contributed by atoms with E-state index in [4.69, 9.17) is 16.3 Å². The summed E-state index contributed by atoms with van der Waals surface area (Å²) in [6, 6.07) is 10.8. The second-order valence-electron chi connectivity index (χ2n) is 6.80. The van der Waals surface area contributed by atoms with Gasteiger partial charge in [0.2, 0.25) is 0 Å². The summed E-state index contributed by atoms with van der Waals surface area (Å²) >= 11 is 5.85. The van der Waals surface area contributed by atoms with Crippen molar-refractivity contribution in [2.24, 2.45) is 0 Å². The lowest BCUT2D eigenvalue weighted by atomic mass is 10.2. The summed E-state index contributed by atoms with van der Waals surface area (Å²) in [5, 5.41) is 11.0. The van der Waals surface area contributed by atoms with E-state index in [9.17, 15) is 35.9 Å². The van der Waals surface area contributed by atoms with E-state index < -0.39 is 53.3 Å². The molecule has 0 bridgehead atoms. The van der Waals surface area contributed by atoms with Crippen LogP contribution in [-0.2, 0) is 27.2 Å². The molecule has 1 atom stereocenters. The highest BCUT2D eigenvalue weighted by atomic mass is 35.5. The van der Waals surface area contributed by atoms with Gasteiger partial charge in [-0.25, -0.2) is 12.6 Å². The van der Waals surface area contributed by atoms with E-state index in [-0.39, 0.29) is 16.4 Å². The number of nitrogens with zero attached hydrogens (tertiary/aromatic N) is 1. The molecule has 0 aromatic heterocycles. The van der Waals surface area contributed by atoms with Crippen LogP contribution in [0.25, 0.3) is 0 Å². The molecule has 0 fully saturated rings. The van der Waals surface area contributed by atoms with Gasteiger partial charge < -0.3 is 4.74 Å². The summed E-state index contributed by atoms with van der Waals surface area (Å²) in [7, 11) is -6.93. The van der Waals surface area contributed by atoms with E-state index >= 15 is 0 Å². The van der Waals surface area contributed by atoms with Crippen LogP contribution in [0.3, 0.4) is 0 Å². The third-order valence-corrected chi connectivity index (χ3v) is 7.73. The van der Waals surface area contributed by atoms with Crippen molar-refractivity contribution in [3.8, 4) is 11.5 Å². The minimum atomic E-state index is -4.63. The van der Waals surface area contributed by atoms with Crippen molar-refractivity contribution in [3.63, 3.8) is 0 Å². The zero-order valence-corrected chi connectivity index (χ0v) is 19.4. The van der Waals surface area contributed by atoms with Gasteiger partial charge in [-0.1, -0.05) is 29.3 Å². The Labute approximate surface area is 199 Å². The van der Waals surface area contributed by atoms with Gasteiger partial charge >= 0.3 is 6.18 Å². The first kappa shape index (κ1) is 25.6. The number of halogens is 4. The molecule has 14 heteroatoms. The SMILES string of the molecule is Cc1ccc(S(=O)(=O)NS(=O)c2cc(Oc3ccc(C(F)(F)F)cc3Cl)ccc2[N+](=O)[O-])cc1. The lowest BCUT2D eigenvalue weighted by molar-refractivity contribution is -0.387. The van der Waals surface area contributed by atoms with Crippen LogP contribution in [0, 0.1) is 17.0 Å². The minimum Gasteiger partial charge on any atom is -0.456 e. The molecule has 0 radical (unpaired) electrons. The molecule has 0 aliphatic heterocycles. The molecular weight excluding hydrogens is 521 g/mol. The number of aryl methyl sites for hydroxylation is 1. The fraction of sp³-hybridized carbons (Fsp3) is 0.100. The van der Waals surface area contributed by atoms with E-state index in [0.29, 0.717) is 6.07 Å². The Kier molecular flexibility index (Phi) is 7.31. The molecule has 0 amide bonds. The van der Waals surface area contributed by atoms with Crippen molar-refractivity contribution in [3.05, 3.63) is 86.9 Å². The number of ether oxygens (including phenoxy) is 1. The van der Waals surface area contributed by atoms with Crippen LogP contribution < -0.4 is 8.86 Å². The lowest BCUT2D eigenvalue weighted by Gasteiger charge is -2.12. The molecule has 0 spiro atoms. The van der Waals surface area contributed by atoms with Gasteiger partial charge in [-0.15, -0.1) is 4.13 Å². The van der Waals surface area contributed by atoms with Gasteiger partial charge in [0.25, 0.3) is 15.7 Å². The molecule has 1 unspecified atom stereocenters. The average Bonchev–Trinajstić information content (AvgIpc) is 2.74. The van der Waals surface area contributed by atoms with Crippen LogP contribution >= 0.6 is 11.6 Å². The standard InChI is InChI=1S/C20H14ClF3N2O6S2/c1-12-2-6-15(7-3-12)34(30,31)25-33(29)19-11-14(5-8-17(19)26(27)28)32-18-9-4-13(10-16(18)21)20(22,23)24/h2-11,25H,1H3. The number of nitro benzene ring substituents is 1. The summed E-state index contributed by atoms with van der Waals surface area (Å²) in [6.07, 6.45) is -4.63. The van der Waals surface area contributed by atoms with Gasteiger partial charge in [-0.3, -0.25) is 10.1 Å². The Bertz CT molecular complexity index is 1380. The van der Waals surface area contributed by atoms with E-state index in [1.807, 2.05) is 4.13 Å². The topological polar surface area (TPSA) is 116 Å². The van der Waals surface area contributed by atoms with Crippen molar-refractivity contribution < 1.29 is 35.5 Å². The van der Waals surface area contributed by atoms with Gasteiger partial charge in [0.15, 0.2) is 0 Å². The van der Waals surface area contributed by atoms with Crippen molar-refractivity contribution in [2.45, 2.75) is 22.9 Å². The predicted octanol–water partition coefficient (Wildman–Crippen LogP) is 5.37. The molecule has 8 nitrogen and oxygen atoms in total. The van der Waals surface area contributed by atoms with Gasteiger partial charge in [0, 0.05) is 12.1 Å². The molecular formula is C20H14ClF3N2O6S2. The van der Waals surface area contributed by atoms with Crippen LogP contribution in [0.5, 0.6) is 11.5 Å². The number of hydrogen-bond donors (Lipinski definition) is 1. The highest BCUT2D eigenvalue weighted by Gasteiger charge is 2.31. The Morgan fingerprint density at radius 1 is 1.06 bits per heavy atom. The molecule has 34 heavy (non-hydrogen) atoms. The predicted molar refractivity (Wildman–Crippen MR) is 118 cm³/mol. The van der Waals surface area contributed by atoms with Crippen LogP contribution in [0.4, 0.5) is 18.9 Å². The summed E-state index contributed by atoms with van der Waals surface area (Å²) in [5.41, 5.74) is -0.904. The van der Waals surface area contributed by atoms with Gasteiger partial charge in [-0.2, -0.15) is 13.2 Å². The number of sulfonamides is 1. The number of nitrogens with one attached hydrogen (secondary N) is 1. The number of nitro groups is 1. The quantitative estimate of drug-likeness (QED) is 0.322. The lowest BCUT2D eigenvalue weighted by Crippen LogP contribution is -2.26. The summed E-state index contributed by atoms with van der Waals surface area (Å²) in [6.45, 7) is 1.74. The van der Waals surface area contributed by atoms with E-state index in [1.54, 1.807) is 6.92 Å². The monoisotopic (exact) mass is 534 g/mol. The maximum atomic E-state index is 12.8. The summed E-state index contributed by atoms with van der Waals surface area (Å²) < 4.78 is 83.5. The fourth-order valence-electron chi connectivity index (χ4n) is 2.65. The molecule has 180 valence electrons. The number of rotatable bonds is 7. The van der Waals surface area contributed by atoms with E-state index in [1.165, 1.54) is 24.3 Å². The molecule has 0 aliphatic rings. The van der Waals surface area contributed by atoms with Crippen molar-refractivity contribution in [2.75, 3.05) is 0 Å². The van der Waals surface area contributed by atoms with Crippen molar-refractivity contribution in [1.29, 1.82) is 0 Å². The van der Waals surface area contributed by atoms with Crippen LogP contribution in [0.1, 0.15) is 11.1 Å². The van der Waals surface area contributed by atoms with Gasteiger partial charge in [-0.05, 0) is 43.3 Å². The first-order chi connectivity index (χ1) is 15.8. The Morgan fingerprint density at radius 2 is 1.71 bits per heavy atom. The maximum absolute atomic E-state index is 12.8. The molecule has 3 aromatic rings. The first-order valence-electron chi connectivity index (χ1n) is 9.12. The molecule has 0 heterocycles. The second kappa shape index (κ2) is 9.70. The first-order valence-corrected chi connectivity index (χ1v) is 12.1. The molecule has 0 saturated heterocycles. The molecule has 1 N–H and O–H groups in total. The normalized spacial score (nSPS) is 12.9. The van der Waals surface area contributed by atoms with Crippen LogP contribution in [0.2, 0.25) is 5.02 Å². The van der Waals surface area contributed by atoms with Crippen LogP contribution in [-0.4, -0.2) is 17.6 Å². The van der Waals surface area contributed by atoms with Crippen molar-refractivity contribution in [1.82, 2.24) is 4.13 Å². The van der Waals surface area contributed by atoms with Crippen LogP contribution in [0.15, 0.2) is 70.5 Å². The Balaban J connectivity index is 1.93. The highest BCUT2D eigenvalue weighted by Crippen LogP contribution is 2.37. The molecule has 0 aliphatic carbocycles. The Hall–Kier alpha value is -3.00. The van der Waals surface area contributed by atoms with E-state index in [0.717, 1.165) is 35.9 Å². The number of hydrogen-bond acceptors (Lipinski definition) is 6. The number of alkyl halides is 3. The van der Waals surface area contributed by atoms with E-state index in [2.05, 4.69) is 0 Å². The zero-order valence-electron chi connectivity index (χ0n) is 17.0. The minimum absolute atomic E-state index is 0.176. The third kappa shape index (κ3) is 5.91. The third-order valence-electron chi connectivity index (χ3n) is 4.33. The highest BCUT2D eigenvalue weighted by molar-refractivity contribution is 8.02. The fourth-order valence-corrected chi connectivity index (χ4v) is 5.46. The smallest absolute Gasteiger partial charge is 0.416 e.